The number of aromatic nitrogens is 2. The molecule has 104 valence electrons. The van der Waals surface area contributed by atoms with Crippen LogP contribution in [0.3, 0.4) is 0 Å². The maximum absolute atomic E-state index is 12.0. The predicted molar refractivity (Wildman–Crippen MR) is 84.3 cm³/mol. The first-order valence-corrected chi connectivity index (χ1v) is 8.01. The Bertz CT molecular complexity index is 721. The van der Waals surface area contributed by atoms with E-state index in [4.69, 9.17) is 0 Å². The minimum absolute atomic E-state index is 0.568. The molecule has 5 heteroatoms. The highest BCUT2D eigenvalue weighted by Crippen LogP contribution is 2.28. The molecule has 0 amide bonds. The highest BCUT2D eigenvalue weighted by Gasteiger charge is 2.11. The molecular weight excluding hydrogens is 300 g/mol. The van der Waals surface area contributed by atoms with Crippen LogP contribution in [0.1, 0.15) is 0 Å². The van der Waals surface area contributed by atoms with Crippen LogP contribution in [0.5, 0.6) is 0 Å². The Morgan fingerprint density at radius 3 is 1.86 bits per heavy atom. The fraction of sp³-hybridized carbons (Fsp3) is 0. The normalized spacial score (nSPS) is 10.5. The van der Waals surface area contributed by atoms with E-state index in [2.05, 4.69) is 5.10 Å². The first-order chi connectivity index (χ1) is 10.3. The van der Waals surface area contributed by atoms with E-state index in [1.807, 2.05) is 72.8 Å². The molecule has 0 bridgehead atoms. The Labute approximate surface area is 131 Å². The molecule has 1 aromatic heterocycles. The van der Waals surface area contributed by atoms with Crippen LogP contribution in [0.4, 0.5) is 0 Å². The molecule has 1 heterocycles. The third-order valence-electron chi connectivity index (χ3n) is 2.68. The Hall–Kier alpha value is -1.98. The molecular formula is C16H12N2OS2. The average molecular weight is 312 g/mol. The fourth-order valence-electron chi connectivity index (χ4n) is 1.72. The molecule has 0 fully saturated rings. The molecule has 0 spiro atoms. The third kappa shape index (κ3) is 3.77. The molecule has 0 saturated heterocycles. The molecule has 0 aliphatic heterocycles. The largest absolute Gasteiger partial charge is 0.593 e. The number of rotatable bonds is 4. The van der Waals surface area contributed by atoms with Gasteiger partial charge in [0, 0.05) is 21.0 Å². The number of hydrogen-bond acceptors (Lipinski definition) is 4. The van der Waals surface area contributed by atoms with Gasteiger partial charge in [-0.1, -0.05) is 48.2 Å². The van der Waals surface area contributed by atoms with Crippen LogP contribution in [-0.2, 0) is 0 Å². The van der Waals surface area contributed by atoms with Gasteiger partial charge in [-0.2, -0.15) is 0 Å². The van der Waals surface area contributed by atoms with Crippen molar-refractivity contribution < 1.29 is 4.85 Å². The second-order valence-corrected chi connectivity index (χ2v) is 6.40. The minimum atomic E-state index is 0.568. The summed E-state index contributed by atoms with van der Waals surface area (Å²) in [5.41, 5.74) is 0. The van der Waals surface area contributed by atoms with Crippen molar-refractivity contribution in [3.63, 3.8) is 0 Å². The number of nitrogens with zero attached hydrogens (tertiary/aromatic N) is 2. The topological polar surface area (TPSA) is 39.8 Å². The van der Waals surface area contributed by atoms with Crippen molar-refractivity contribution in [3.8, 4) is 0 Å². The van der Waals surface area contributed by atoms with Gasteiger partial charge in [0.15, 0.2) is 5.03 Å². The van der Waals surface area contributed by atoms with Crippen molar-refractivity contribution in [1.29, 1.82) is 0 Å². The lowest BCUT2D eigenvalue weighted by Gasteiger charge is -2.04. The van der Waals surface area contributed by atoms with Crippen molar-refractivity contribution >= 4 is 23.5 Å². The van der Waals surface area contributed by atoms with Gasteiger partial charge in [0.05, 0.1) is 0 Å². The fourth-order valence-corrected chi connectivity index (χ4v) is 3.30. The molecule has 0 unspecified atom stereocenters. The monoisotopic (exact) mass is 312 g/mol. The second kappa shape index (κ2) is 6.65. The molecule has 0 saturated carbocycles. The molecule has 0 aliphatic carbocycles. The number of benzene rings is 2. The second-order valence-electron chi connectivity index (χ2n) is 4.21. The summed E-state index contributed by atoms with van der Waals surface area (Å²) in [5.74, 6) is 0. The molecule has 3 rings (SSSR count). The van der Waals surface area contributed by atoms with Gasteiger partial charge in [0.1, 0.15) is 0 Å². The Kier molecular flexibility index (Phi) is 4.43. The maximum Gasteiger partial charge on any atom is 0.283 e. The molecule has 0 radical (unpaired) electrons. The van der Waals surface area contributed by atoms with Crippen LogP contribution in [0.25, 0.3) is 0 Å². The highest BCUT2D eigenvalue weighted by molar-refractivity contribution is 7.99. The zero-order chi connectivity index (χ0) is 14.5. The summed E-state index contributed by atoms with van der Waals surface area (Å²) in [4.78, 5) is 2.77. The summed E-state index contributed by atoms with van der Waals surface area (Å²) in [5, 5.41) is 17.3. The molecule has 0 N–H and O–H groups in total. The van der Waals surface area contributed by atoms with Crippen LogP contribution < -0.4 is 4.85 Å². The summed E-state index contributed by atoms with van der Waals surface area (Å²) in [7, 11) is 0. The molecule has 2 aromatic carbocycles. The molecule has 3 aromatic rings. The average Bonchev–Trinajstić information content (AvgIpc) is 2.52. The van der Waals surface area contributed by atoms with E-state index in [0.29, 0.717) is 14.9 Å². The van der Waals surface area contributed by atoms with Crippen molar-refractivity contribution in [2.45, 2.75) is 19.8 Å². The molecule has 3 nitrogen and oxygen atoms in total. The van der Waals surface area contributed by atoms with E-state index in [9.17, 15) is 5.21 Å². The van der Waals surface area contributed by atoms with Crippen LogP contribution >= 0.6 is 23.5 Å². The van der Waals surface area contributed by atoms with E-state index in [0.717, 1.165) is 9.79 Å². The Morgan fingerprint density at radius 2 is 1.29 bits per heavy atom. The Morgan fingerprint density at radius 1 is 0.714 bits per heavy atom. The maximum atomic E-state index is 12.0. The summed E-state index contributed by atoms with van der Waals surface area (Å²) < 4.78 is 0. The molecule has 0 atom stereocenters. The van der Waals surface area contributed by atoms with Gasteiger partial charge in [0.25, 0.3) is 5.03 Å². The van der Waals surface area contributed by atoms with Gasteiger partial charge < -0.3 is 5.21 Å². The SMILES string of the molecule is [O-][n+]1nc(Sc2ccccc2)ccc1Sc1ccccc1. The van der Waals surface area contributed by atoms with Gasteiger partial charge in [-0.15, -0.1) is 0 Å². The van der Waals surface area contributed by atoms with E-state index >= 15 is 0 Å². The lowest BCUT2D eigenvalue weighted by molar-refractivity contribution is -0.710. The lowest BCUT2D eigenvalue weighted by atomic mass is 10.4. The summed E-state index contributed by atoms with van der Waals surface area (Å²) in [6.07, 6.45) is 0. The van der Waals surface area contributed by atoms with Crippen LogP contribution in [0.15, 0.2) is 92.6 Å². The van der Waals surface area contributed by atoms with Gasteiger partial charge in [0.2, 0.25) is 0 Å². The Balaban J connectivity index is 1.77. The first kappa shape index (κ1) is 14.0. The lowest BCUT2D eigenvalue weighted by Crippen LogP contribution is -2.33. The summed E-state index contributed by atoms with van der Waals surface area (Å²) in [6.45, 7) is 0. The van der Waals surface area contributed by atoms with Gasteiger partial charge >= 0.3 is 0 Å². The van der Waals surface area contributed by atoms with Crippen molar-refractivity contribution in [1.82, 2.24) is 5.10 Å². The standard InChI is InChI=1S/C16H12N2OS2/c19-18-16(21-14-9-5-2-6-10-14)12-11-15(17-18)20-13-7-3-1-4-8-13/h1-12H. The van der Waals surface area contributed by atoms with E-state index < -0.39 is 0 Å². The van der Waals surface area contributed by atoms with E-state index in [1.54, 1.807) is 0 Å². The summed E-state index contributed by atoms with van der Waals surface area (Å²) in [6, 6.07) is 23.4. The quantitative estimate of drug-likeness (QED) is 0.539. The van der Waals surface area contributed by atoms with E-state index in [-0.39, 0.29) is 0 Å². The predicted octanol–water partition coefficient (Wildman–Crippen LogP) is 4.02. The smallest absolute Gasteiger partial charge is 0.283 e. The van der Waals surface area contributed by atoms with Gasteiger partial charge in [-0.3, -0.25) is 0 Å². The van der Waals surface area contributed by atoms with E-state index in [1.165, 1.54) is 23.5 Å². The highest BCUT2D eigenvalue weighted by atomic mass is 32.2. The zero-order valence-corrected chi connectivity index (χ0v) is 12.7. The van der Waals surface area contributed by atoms with Crippen LogP contribution in [-0.4, -0.2) is 5.10 Å². The van der Waals surface area contributed by atoms with Crippen molar-refractivity contribution in [2.24, 2.45) is 0 Å². The summed E-state index contributed by atoms with van der Waals surface area (Å²) >= 11 is 2.88. The number of hydrogen-bond donors (Lipinski definition) is 0. The zero-order valence-electron chi connectivity index (χ0n) is 11.0. The van der Waals surface area contributed by atoms with Crippen molar-refractivity contribution in [2.75, 3.05) is 0 Å². The van der Waals surface area contributed by atoms with Crippen LogP contribution in [0.2, 0.25) is 0 Å². The van der Waals surface area contributed by atoms with Crippen molar-refractivity contribution in [3.05, 3.63) is 78.0 Å². The molecule has 21 heavy (non-hydrogen) atoms. The van der Waals surface area contributed by atoms with Gasteiger partial charge in [-0.25, -0.2) is 0 Å². The molecule has 0 aliphatic rings. The third-order valence-corrected chi connectivity index (χ3v) is 4.62. The van der Waals surface area contributed by atoms with Crippen LogP contribution in [0, 0.1) is 5.21 Å². The first-order valence-electron chi connectivity index (χ1n) is 6.38. The minimum Gasteiger partial charge on any atom is -0.593 e. The van der Waals surface area contributed by atoms with Gasteiger partial charge in [-0.05, 0) is 46.9 Å².